The summed E-state index contributed by atoms with van der Waals surface area (Å²) >= 11 is 11.9. The Labute approximate surface area is 145 Å². The number of aryl methyl sites for hydroxylation is 2. The van der Waals surface area contributed by atoms with Crippen LogP contribution in [0.4, 0.5) is 10.5 Å². The number of nitrogens with one attached hydrogen (secondary N) is 2. The van der Waals surface area contributed by atoms with Crippen molar-refractivity contribution in [3.63, 3.8) is 0 Å². The minimum absolute atomic E-state index is 0.315. The van der Waals surface area contributed by atoms with Crippen LogP contribution in [0.2, 0.25) is 10.0 Å². The summed E-state index contributed by atoms with van der Waals surface area (Å²) in [7, 11) is 0. The number of carbonyl (C=O) groups excluding carboxylic acids is 1. The Morgan fingerprint density at radius 1 is 1.13 bits per heavy atom. The summed E-state index contributed by atoms with van der Waals surface area (Å²) in [5, 5.41) is 6.05. The molecule has 0 radical (unpaired) electrons. The van der Waals surface area contributed by atoms with E-state index in [-0.39, 0.29) is 6.03 Å². The van der Waals surface area contributed by atoms with Gasteiger partial charge in [-0.15, -0.1) is 0 Å². The second kappa shape index (κ2) is 8.09. The van der Waals surface area contributed by atoms with Crippen molar-refractivity contribution in [1.82, 2.24) is 5.32 Å². The quantitative estimate of drug-likeness (QED) is 0.758. The molecule has 23 heavy (non-hydrogen) atoms. The van der Waals surface area contributed by atoms with Crippen molar-refractivity contribution in [2.45, 2.75) is 13.8 Å². The van der Waals surface area contributed by atoms with Crippen molar-refractivity contribution >= 4 is 34.9 Å². The van der Waals surface area contributed by atoms with Gasteiger partial charge in [0.25, 0.3) is 0 Å². The van der Waals surface area contributed by atoms with Gasteiger partial charge in [-0.25, -0.2) is 4.79 Å². The summed E-state index contributed by atoms with van der Waals surface area (Å²) in [4.78, 5) is 11.8. The predicted molar refractivity (Wildman–Crippen MR) is 94.9 cm³/mol. The Morgan fingerprint density at radius 3 is 2.65 bits per heavy atom. The number of rotatable bonds is 5. The number of hydrogen-bond donors (Lipinski definition) is 2. The van der Waals surface area contributed by atoms with Crippen molar-refractivity contribution in [3.05, 3.63) is 57.6 Å². The molecular weight excluding hydrogens is 335 g/mol. The van der Waals surface area contributed by atoms with Gasteiger partial charge in [-0.3, -0.25) is 0 Å². The van der Waals surface area contributed by atoms with Crippen LogP contribution in [0.5, 0.6) is 5.75 Å². The summed E-state index contributed by atoms with van der Waals surface area (Å²) < 4.78 is 5.60. The van der Waals surface area contributed by atoms with Gasteiger partial charge < -0.3 is 15.4 Å². The third kappa shape index (κ3) is 5.05. The van der Waals surface area contributed by atoms with E-state index >= 15 is 0 Å². The highest BCUT2D eigenvalue weighted by Crippen LogP contribution is 2.29. The van der Waals surface area contributed by atoms with Crippen molar-refractivity contribution in [1.29, 1.82) is 0 Å². The number of carbonyl (C=O) groups is 1. The number of benzene rings is 2. The van der Waals surface area contributed by atoms with Crippen molar-refractivity contribution in [3.8, 4) is 5.75 Å². The minimum atomic E-state index is -0.363. The summed E-state index contributed by atoms with van der Waals surface area (Å²) in [6.07, 6.45) is 0. The van der Waals surface area contributed by atoms with Crippen LogP contribution in [0.25, 0.3) is 0 Å². The molecule has 0 spiro atoms. The molecule has 0 saturated carbocycles. The van der Waals surface area contributed by atoms with Crippen LogP contribution in [-0.4, -0.2) is 19.2 Å². The highest BCUT2D eigenvalue weighted by atomic mass is 35.5. The molecule has 0 aliphatic heterocycles. The van der Waals surface area contributed by atoms with Gasteiger partial charge in [0.1, 0.15) is 12.4 Å². The van der Waals surface area contributed by atoms with Gasteiger partial charge in [0, 0.05) is 0 Å². The number of halogens is 2. The molecule has 0 aliphatic carbocycles. The minimum Gasteiger partial charge on any atom is -0.492 e. The van der Waals surface area contributed by atoms with Crippen LogP contribution in [0.1, 0.15) is 11.1 Å². The second-order valence-corrected chi connectivity index (χ2v) is 5.86. The van der Waals surface area contributed by atoms with Crippen molar-refractivity contribution in [2.24, 2.45) is 0 Å². The molecule has 2 aromatic rings. The fourth-order valence-electron chi connectivity index (χ4n) is 1.90. The second-order valence-electron chi connectivity index (χ2n) is 5.08. The van der Waals surface area contributed by atoms with E-state index in [1.165, 1.54) is 11.1 Å². The van der Waals surface area contributed by atoms with Gasteiger partial charge in [-0.05, 0) is 49.2 Å². The van der Waals surface area contributed by atoms with Gasteiger partial charge in [0.2, 0.25) is 0 Å². The molecule has 2 amide bonds. The first-order chi connectivity index (χ1) is 11.0. The topological polar surface area (TPSA) is 50.4 Å². The summed E-state index contributed by atoms with van der Waals surface area (Å²) in [5.41, 5.74) is 2.85. The Balaban J connectivity index is 1.76. The van der Waals surface area contributed by atoms with E-state index in [2.05, 4.69) is 10.6 Å². The van der Waals surface area contributed by atoms with E-state index in [0.717, 1.165) is 5.75 Å². The third-order valence-corrected chi connectivity index (χ3v) is 4.15. The fourth-order valence-corrected chi connectivity index (χ4v) is 2.25. The third-order valence-electron chi connectivity index (χ3n) is 3.33. The van der Waals surface area contributed by atoms with Crippen LogP contribution < -0.4 is 15.4 Å². The first-order valence-electron chi connectivity index (χ1n) is 7.16. The van der Waals surface area contributed by atoms with E-state index in [0.29, 0.717) is 28.9 Å². The molecule has 4 nitrogen and oxygen atoms in total. The monoisotopic (exact) mass is 352 g/mol. The van der Waals surface area contributed by atoms with E-state index < -0.39 is 0 Å². The number of urea groups is 1. The highest BCUT2D eigenvalue weighted by molar-refractivity contribution is 6.43. The van der Waals surface area contributed by atoms with Crippen LogP contribution in [-0.2, 0) is 0 Å². The van der Waals surface area contributed by atoms with Crippen molar-refractivity contribution < 1.29 is 9.53 Å². The molecule has 2 aromatic carbocycles. The molecule has 2 N–H and O–H groups in total. The van der Waals surface area contributed by atoms with Gasteiger partial charge in [-0.1, -0.05) is 35.3 Å². The lowest BCUT2D eigenvalue weighted by molar-refractivity contribution is 0.247. The molecule has 122 valence electrons. The maximum atomic E-state index is 11.8. The molecule has 6 heteroatoms. The molecule has 0 aliphatic rings. The smallest absolute Gasteiger partial charge is 0.319 e. The molecule has 0 saturated heterocycles. The average molecular weight is 353 g/mol. The highest BCUT2D eigenvalue weighted by Gasteiger charge is 2.07. The largest absolute Gasteiger partial charge is 0.492 e. The Morgan fingerprint density at radius 2 is 1.91 bits per heavy atom. The molecule has 2 rings (SSSR count). The van der Waals surface area contributed by atoms with E-state index in [1.807, 2.05) is 32.0 Å². The maximum absolute atomic E-state index is 11.8. The van der Waals surface area contributed by atoms with Crippen LogP contribution >= 0.6 is 23.2 Å². The van der Waals surface area contributed by atoms with Crippen LogP contribution in [0, 0.1) is 13.8 Å². The summed E-state index contributed by atoms with van der Waals surface area (Å²) in [5.74, 6) is 0.785. The van der Waals surface area contributed by atoms with Gasteiger partial charge in [-0.2, -0.15) is 0 Å². The normalized spacial score (nSPS) is 10.3. The summed E-state index contributed by atoms with van der Waals surface area (Å²) in [6.45, 7) is 4.82. The number of amides is 2. The van der Waals surface area contributed by atoms with E-state index in [9.17, 15) is 4.79 Å². The maximum Gasteiger partial charge on any atom is 0.319 e. The lowest BCUT2D eigenvalue weighted by Crippen LogP contribution is -2.32. The number of hydrogen-bond acceptors (Lipinski definition) is 2. The molecule has 0 bridgehead atoms. The lowest BCUT2D eigenvalue weighted by Gasteiger charge is -2.11. The number of anilines is 1. The number of ether oxygens (including phenoxy) is 1. The first-order valence-corrected chi connectivity index (χ1v) is 7.92. The zero-order valence-corrected chi connectivity index (χ0v) is 14.5. The Hall–Kier alpha value is -1.91. The van der Waals surface area contributed by atoms with Crippen LogP contribution in [0.3, 0.4) is 0 Å². The zero-order chi connectivity index (χ0) is 16.8. The van der Waals surface area contributed by atoms with Gasteiger partial charge >= 0.3 is 6.03 Å². The van der Waals surface area contributed by atoms with Gasteiger partial charge in [0.15, 0.2) is 0 Å². The first kappa shape index (κ1) is 17.4. The fraction of sp³-hybridized carbons (Fsp3) is 0.235. The Kier molecular flexibility index (Phi) is 6.13. The lowest BCUT2D eigenvalue weighted by atomic mass is 10.1. The molecule has 0 heterocycles. The summed E-state index contributed by atoms with van der Waals surface area (Å²) in [6, 6.07) is 10.6. The average Bonchev–Trinajstić information content (AvgIpc) is 2.52. The van der Waals surface area contributed by atoms with Crippen LogP contribution in [0.15, 0.2) is 36.4 Å². The molecule has 0 fully saturated rings. The van der Waals surface area contributed by atoms with E-state index in [4.69, 9.17) is 27.9 Å². The van der Waals surface area contributed by atoms with E-state index in [1.54, 1.807) is 18.2 Å². The van der Waals surface area contributed by atoms with Gasteiger partial charge in [0.05, 0.1) is 22.3 Å². The zero-order valence-electron chi connectivity index (χ0n) is 13.0. The standard InChI is InChI=1S/C17H18Cl2N2O2/c1-11-6-7-13(10-12(11)2)23-9-8-20-17(22)21-15-5-3-4-14(18)16(15)19/h3-7,10H,8-9H2,1-2H3,(H2,20,21,22). The Bertz CT molecular complexity index is 705. The molecule has 0 aromatic heterocycles. The molecule has 0 unspecified atom stereocenters. The molecular formula is C17H18Cl2N2O2. The predicted octanol–water partition coefficient (Wildman–Crippen LogP) is 4.81. The SMILES string of the molecule is Cc1ccc(OCCNC(=O)Nc2cccc(Cl)c2Cl)cc1C. The molecule has 0 atom stereocenters. The van der Waals surface area contributed by atoms with Crippen molar-refractivity contribution in [2.75, 3.05) is 18.5 Å².